The van der Waals surface area contributed by atoms with Crippen LogP contribution >= 0.6 is 0 Å². The Kier molecular flexibility index (Phi) is 2.50. The van der Waals surface area contributed by atoms with Gasteiger partial charge in [-0.15, -0.1) is 0 Å². The molecule has 1 atom stereocenters. The first-order chi connectivity index (χ1) is 4.72. The van der Waals surface area contributed by atoms with Crippen molar-refractivity contribution in [3.8, 4) is 0 Å². The fourth-order valence-corrected chi connectivity index (χ4v) is 1.58. The molecule has 0 aliphatic heterocycles. The van der Waals surface area contributed by atoms with E-state index < -0.39 is 0 Å². The minimum absolute atomic E-state index is 0.126. The van der Waals surface area contributed by atoms with E-state index in [1.54, 1.807) is 0 Å². The Morgan fingerprint density at radius 3 is 2.50 bits per heavy atom. The first kappa shape index (κ1) is 7.80. The van der Waals surface area contributed by atoms with E-state index in [9.17, 15) is 5.11 Å². The van der Waals surface area contributed by atoms with Gasteiger partial charge in [-0.3, -0.25) is 0 Å². The Morgan fingerprint density at radius 2 is 2.10 bits per heavy atom. The van der Waals surface area contributed by atoms with E-state index in [1.807, 2.05) is 0 Å². The third kappa shape index (κ3) is 1.60. The van der Waals surface area contributed by atoms with Gasteiger partial charge in [-0.2, -0.15) is 0 Å². The molecular weight excluding hydrogens is 124 g/mol. The fraction of sp³-hybridized carbons (Fsp3) is 0.778. The Morgan fingerprint density at radius 1 is 1.40 bits per heavy atom. The molecule has 58 valence electrons. The molecule has 0 heterocycles. The van der Waals surface area contributed by atoms with Crippen LogP contribution in [0.5, 0.6) is 0 Å². The summed E-state index contributed by atoms with van der Waals surface area (Å²) in [5.41, 5.74) is 2.60. The third-order valence-electron chi connectivity index (χ3n) is 2.22. The molecule has 0 bridgehead atoms. The lowest BCUT2D eigenvalue weighted by Gasteiger charge is -2.21. The van der Waals surface area contributed by atoms with E-state index in [0.717, 1.165) is 12.8 Å². The van der Waals surface area contributed by atoms with E-state index in [0.29, 0.717) is 0 Å². The van der Waals surface area contributed by atoms with Crippen molar-refractivity contribution in [2.24, 2.45) is 0 Å². The quantitative estimate of drug-likeness (QED) is 0.512. The van der Waals surface area contributed by atoms with Crippen LogP contribution in [-0.2, 0) is 0 Å². The van der Waals surface area contributed by atoms with Crippen LogP contribution in [0.15, 0.2) is 11.1 Å². The first-order valence-electron chi connectivity index (χ1n) is 4.06. The zero-order valence-electron chi connectivity index (χ0n) is 6.85. The summed E-state index contributed by atoms with van der Waals surface area (Å²) in [7, 11) is 0. The van der Waals surface area contributed by atoms with Gasteiger partial charge < -0.3 is 5.11 Å². The SMILES string of the molecule is CC(C)=C1CCCCC1O. The maximum Gasteiger partial charge on any atom is 0.0752 e. The van der Waals surface area contributed by atoms with Gasteiger partial charge in [-0.1, -0.05) is 12.0 Å². The zero-order chi connectivity index (χ0) is 7.56. The first-order valence-corrected chi connectivity index (χ1v) is 4.06. The lowest BCUT2D eigenvalue weighted by Crippen LogP contribution is -2.15. The van der Waals surface area contributed by atoms with Crippen LogP contribution in [-0.4, -0.2) is 11.2 Å². The molecule has 0 aromatic rings. The van der Waals surface area contributed by atoms with Gasteiger partial charge in [0.1, 0.15) is 0 Å². The van der Waals surface area contributed by atoms with E-state index in [2.05, 4.69) is 13.8 Å². The summed E-state index contributed by atoms with van der Waals surface area (Å²) in [6, 6.07) is 0. The Hall–Kier alpha value is -0.300. The molecule has 0 aromatic carbocycles. The van der Waals surface area contributed by atoms with Crippen LogP contribution in [0.3, 0.4) is 0 Å². The second-order valence-corrected chi connectivity index (χ2v) is 3.29. The average Bonchev–Trinajstić information content (AvgIpc) is 1.88. The smallest absolute Gasteiger partial charge is 0.0752 e. The van der Waals surface area contributed by atoms with Crippen molar-refractivity contribution in [1.29, 1.82) is 0 Å². The van der Waals surface area contributed by atoms with E-state index in [1.165, 1.54) is 24.0 Å². The van der Waals surface area contributed by atoms with E-state index in [-0.39, 0.29) is 6.10 Å². The largest absolute Gasteiger partial charge is 0.389 e. The highest BCUT2D eigenvalue weighted by Gasteiger charge is 2.16. The number of hydrogen-bond donors (Lipinski definition) is 1. The monoisotopic (exact) mass is 140 g/mol. The van der Waals surface area contributed by atoms with Gasteiger partial charge in [0.15, 0.2) is 0 Å². The minimum Gasteiger partial charge on any atom is -0.389 e. The molecule has 0 spiro atoms. The second-order valence-electron chi connectivity index (χ2n) is 3.29. The number of aliphatic hydroxyl groups excluding tert-OH is 1. The molecule has 0 saturated heterocycles. The second kappa shape index (κ2) is 3.20. The Bertz CT molecular complexity index is 143. The minimum atomic E-state index is -0.126. The normalized spacial score (nSPS) is 26.7. The molecule has 10 heavy (non-hydrogen) atoms. The number of rotatable bonds is 0. The molecule has 1 unspecified atom stereocenters. The van der Waals surface area contributed by atoms with Gasteiger partial charge in [0.25, 0.3) is 0 Å². The summed E-state index contributed by atoms with van der Waals surface area (Å²) in [6.07, 6.45) is 4.42. The van der Waals surface area contributed by atoms with Crippen LogP contribution in [0.4, 0.5) is 0 Å². The van der Waals surface area contributed by atoms with Crippen molar-refractivity contribution in [2.75, 3.05) is 0 Å². The fourth-order valence-electron chi connectivity index (χ4n) is 1.58. The van der Waals surface area contributed by atoms with Crippen LogP contribution in [0.25, 0.3) is 0 Å². The summed E-state index contributed by atoms with van der Waals surface area (Å²) < 4.78 is 0. The average molecular weight is 140 g/mol. The molecule has 0 amide bonds. The topological polar surface area (TPSA) is 20.2 Å². The van der Waals surface area contributed by atoms with E-state index in [4.69, 9.17) is 0 Å². The maximum absolute atomic E-state index is 9.48. The van der Waals surface area contributed by atoms with Crippen LogP contribution in [0.1, 0.15) is 39.5 Å². The van der Waals surface area contributed by atoms with Gasteiger partial charge >= 0.3 is 0 Å². The number of allylic oxidation sites excluding steroid dienone is 1. The van der Waals surface area contributed by atoms with Crippen molar-refractivity contribution in [3.63, 3.8) is 0 Å². The van der Waals surface area contributed by atoms with Crippen molar-refractivity contribution < 1.29 is 5.11 Å². The van der Waals surface area contributed by atoms with Crippen molar-refractivity contribution in [3.05, 3.63) is 11.1 Å². The molecule has 1 aliphatic carbocycles. The summed E-state index contributed by atoms with van der Waals surface area (Å²) in [4.78, 5) is 0. The maximum atomic E-state index is 9.48. The highest BCUT2D eigenvalue weighted by atomic mass is 16.3. The number of hydrogen-bond acceptors (Lipinski definition) is 1. The highest BCUT2D eigenvalue weighted by Crippen LogP contribution is 2.25. The third-order valence-corrected chi connectivity index (χ3v) is 2.22. The molecule has 0 aromatic heterocycles. The van der Waals surface area contributed by atoms with Crippen molar-refractivity contribution in [1.82, 2.24) is 0 Å². The Labute approximate surface area is 62.8 Å². The Balaban J connectivity index is 2.65. The summed E-state index contributed by atoms with van der Waals surface area (Å²) in [5, 5.41) is 9.48. The molecule has 1 aliphatic rings. The van der Waals surface area contributed by atoms with Gasteiger partial charge in [-0.05, 0) is 38.7 Å². The summed E-state index contributed by atoms with van der Waals surface area (Å²) in [5.74, 6) is 0. The van der Waals surface area contributed by atoms with Gasteiger partial charge in [0, 0.05) is 0 Å². The highest BCUT2D eigenvalue weighted by molar-refractivity contribution is 5.16. The molecular formula is C9H16O. The lowest BCUT2D eigenvalue weighted by atomic mass is 9.89. The van der Waals surface area contributed by atoms with Crippen molar-refractivity contribution in [2.45, 2.75) is 45.6 Å². The molecule has 1 saturated carbocycles. The van der Waals surface area contributed by atoms with Gasteiger partial charge in [-0.25, -0.2) is 0 Å². The summed E-state index contributed by atoms with van der Waals surface area (Å²) >= 11 is 0. The lowest BCUT2D eigenvalue weighted by molar-refractivity contribution is 0.177. The van der Waals surface area contributed by atoms with Crippen molar-refractivity contribution >= 4 is 0 Å². The predicted molar refractivity (Wildman–Crippen MR) is 42.8 cm³/mol. The zero-order valence-corrected chi connectivity index (χ0v) is 6.85. The number of aliphatic hydroxyl groups is 1. The molecule has 1 heteroatoms. The van der Waals surface area contributed by atoms with Gasteiger partial charge in [0.2, 0.25) is 0 Å². The standard InChI is InChI=1S/C9H16O/c1-7(2)8-5-3-4-6-9(8)10/h9-10H,3-6H2,1-2H3. The molecule has 1 nitrogen and oxygen atoms in total. The van der Waals surface area contributed by atoms with Crippen LogP contribution in [0.2, 0.25) is 0 Å². The molecule has 1 N–H and O–H groups in total. The summed E-state index contributed by atoms with van der Waals surface area (Å²) in [6.45, 7) is 4.17. The van der Waals surface area contributed by atoms with Gasteiger partial charge in [0.05, 0.1) is 6.10 Å². The van der Waals surface area contributed by atoms with Crippen LogP contribution < -0.4 is 0 Å². The van der Waals surface area contributed by atoms with E-state index >= 15 is 0 Å². The van der Waals surface area contributed by atoms with Crippen LogP contribution in [0, 0.1) is 0 Å². The molecule has 1 fully saturated rings. The predicted octanol–water partition coefficient (Wildman–Crippen LogP) is 2.26. The molecule has 0 radical (unpaired) electrons. The molecule has 1 rings (SSSR count).